The Morgan fingerprint density at radius 2 is 1.52 bits per heavy atom. The number of hydrogen-bond donors (Lipinski definition) is 1. The number of sulfonamides is 1. The normalized spacial score (nSPS) is 12.5. The van der Waals surface area contributed by atoms with Crippen molar-refractivity contribution in [2.24, 2.45) is 0 Å². The average Bonchev–Trinajstić information content (AvgIpc) is 3.09. The number of nitrogens with one attached hydrogen (secondary N) is 1. The number of amides is 2. The smallest absolute Gasteiger partial charge is 0.264 e. The molecule has 0 saturated carbocycles. The number of ether oxygens (including phenoxy) is 2. The summed E-state index contributed by atoms with van der Waals surface area (Å²) in [6.45, 7) is 5.13. The fourth-order valence-corrected chi connectivity index (χ4v) is 6.77. The maximum Gasteiger partial charge on any atom is 0.264 e. The SMILES string of the molecule is CC[C@@H](C)NC(=O)[C@@H](Cc1ccccc1)N(Cc1ccccc1Cl)C(=O)CN(c1ccc(C)cc1)S(=O)(=O)c1ccc(OC)c(OC)c1. The number of carbonyl (C=O) groups is 2. The Hall–Kier alpha value is -4.54. The van der Waals surface area contributed by atoms with E-state index < -0.39 is 28.5 Å². The lowest BCUT2D eigenvalue weighted by Gasteiger charge is -2.34. The molecule has 0 aliphatic carbocycles. The molecule has 254 valence electrons. The summed E-state index contributed by atoms with van der Waals surface area (Å²) in [5, 5.41) is 3.45. The number of methoxy groups -OCH3 is 2. The summed E-state index contributed by atoms with van der Waals surface area (Å²) >= 11 is 6.58. The zero-order chi connectivity index (χ0) is 34.8. The Bertz CT molecular complexity index is 1800. The van der Waals surface area contributed by atoms with Crippen molar-refractivity contribution in [3.8, 4) is 11.5 Å². The molecule has 0 radical (unpaired) electrons. The van der Waals surface area contributed by atoms with Crippen molar-refractivity contribution in [3.05, 3.63) is 119 Å². The third kappa shape index (κ3) is 8.87. The summed E-state index contributed by atoms with van der Waals surface area (Å²) in [5.41, 5.74) is 2.65. The van der Waals surface area contributed by atoms with Crippen LogP contribution in [0, 0.1) is 6.92 Å². The van der Waals surface area contributed by atoms with E-state index >= 15 is 0 Å². The second-order valence-electron chi connectivity index (χ2n) is 11.5. The van der Waals surface area contributed by atoms with Crippen LogP contribution in [-0.2, 0) is 32.6 Å². The monoisotopic (exact) mass is 691 g/mol. The van der Waals surface area contributed by atoms with Crippen LogP contribution in [0.1, 0.15) is 37.0 Å². The van der Waals surface area contributed by atoms with Crippen LogP contribution < -0.4 is 19.1 Å². The van der Waals surface area contributed by atoms with Gasteiger partial charge in [-0.3, -0.25) is 13.9 Å². The first-order valence-corrected chi connectivity index (χ1v) is 17.5. The van der Waals surface area contributed by atoms with Crippen molar-refractivity contribution in [2.45, 2.75) is 57.1 Å². The Balaban J connectivity index is 1.84. The fraction of sp³-hybridized carbons (Fsp3) is 0.297. The average molecular weight is 692 g/mol. The highest BCUT2D eigenvalue weighted by atomic mass is 35.5. The van der Waals surface area contributed by atoms with Gasteiger partial charge in [0.05, 0.1) is 24.8 Å². The van der Waals surface area contributed by atoms with Gasteiger partial charge in [0.1, 0.15) is 12.6 Å². The summed E-state index contributed by atoms with van der Waals surface area (Å²) < 4.78 is 40.5. The van der Waals surface area contributed by atoms with Crippen LogP contribution in [0.25, 0.3) is 0 Å². The Morgan fingerprint density at radius 1 is 0.875 bits per heavy atom. The second kappa shape index (κ2) is 16.5. The highest BCUT2D eigenvalue weighted by molar-refractivity contribution is 7.92. The molecule has 0 aliphatic heterocycles. The number of halogens is 1. The Kier molecular flexibility index (Phi) is 12.5. The molecule has 4 rings (SSSR count). The van der Waals surface area contributed by atoms with Gasteiger partial charge in [-0.25, -0.2) is 8.42 Å². The predicted octanol–water partition coefficient (Wildman–Crippen LogP) is 6.42. The largest absolute Gasteiger partial charge is 0.493 e. The number of aryl methyl sites for hydroxylation is 1. The number of nitrogens with zero attached hydrogens (tertiary/aromatic N) is 2. The lowest BCUT2D eigenvalue weighted by molar-refractivity contribution is -0.140. The van der Waals surface area contributed by atoms with E-state index in [0.29, 0.717) is 22.8 Å². The molecule has 2 atom stereocenters. The molecule has 0 aromatic heterocycles. The number of carbonyl (C=O) groups excluding carboxylic acids is 2. The van der Waals surface area contributed by atoms with Gasteiger partial charge < -0.3 is 19.7 Å². The highest BCUT2D eigenvalue weighted by Crippen LogP contribution is 2.33. The van der Waals surface area contributed by atoms with Gasteiger partial charge in [0, 0.05) is 30.1 Å². The van der Waals surface area contributed by atoms with Crippen molar-refractivity contribution in [1.29, 1.82) is 0 Å². The molecule has 4 aromatic rings. The van der Waals surface area contributed by atoms with E-state index in [4.69, 9.17) is 21.1 Å². The van der Waals surface area contributed by atoms with Crippen LogP contribution in [0.4, 0.5) is 5.69 Å². The zero-order valence-electron chi connectivity index (χ0n) is 27.9. The third-order valence-corrected chi connectivity index (χ3v) is 10.3. The van der Waals surface area contributed by atoms with Gasteiger partial charge in [0.25, 0.3) is 10.0 Å². The standard InChI is InChI=1S/C37H42ClN3O6S/c1-6-27(3)39-37(43)33(22-28-12-8-7-9-13-28)40(24-29-14-10-11-15-32(29)38)36(42)25-41(30-18-16-26(2)17-19-30)48(44,45)31-20-21-34(46-4)35(23-31)47-5/h7-21,23,27,33H,6,22,24-25H2,1-5H3,(H,39,43)/t27-,33-/m1/s1. The molecule has 0 saturated heterocycles. The van der Waals surface area contributed by atoms with Crippen LogP contribution >= 0.6 is 11.6 Å². The molecule has 0 bridgehead atoms. The quantitative estimate of drug-likeness (QED) is 0.154. The van der Waals surface area contributed by atoms with E-state index in [9.17, 15) is 18.0 Å². The summed E-state index contributed by atoms with van der Waals surface area (Å²) in [6.07, 6.45) is 0.888. The zero-order valence-corrected chi connectivity index (χ0v) is 29.4. The number of benzene rings is 4. The summed E-state index contributed by atoms with van der Waals surface area (Å²) in [6, 6.07) is 26.5. The van der Waals surface area contributed by atoms with Gasteiger partial charge in [-0.1, -0.05) is 84.8 Å². The van der Waals surface area contributed by atoms with Gasteiger partial charge in [0.2, 0.25) is 11.8 Å². The second-order valence-corrected chi connectivity index (χ2v) is 13.8. The highest BCUT2D eigenvalue weighted by Gasteiger charge is 2.35. The van der Waals surface area contributed by atoms with Crippen molar-refractivity contribution < 1.29 is 27.5 Å². The molecule has 48 heavy (non-hydrogen) atoms. The lowest BCUT2D eigenvalue weighted by atomic mass is 10.0. The van der Waals surface area contributed by atoms with E-state index in [1.165, 1.54) is 37.3 Å². The first kappa shape index (κ1) is 36.3. The summed E-state index contributed by atoms with van der Waals surface area (Å²) in [7, 11) is -1.46. The minimum atomic E-state index is -4.34. The molecular formula is C37H42ClN3O6S. The lowest BCUT2D eigenvalue weighted by Crippen LogP contribution is -2.54. The Labute approximate surface area is 288 Å². The van der Waals surface area contributed by atoms with Crippen LogP contribution in [0.15, 0.2) is 102 Å². The first-order valence-electron chi connectivity index (χ1n) is 15.7. The number of rotatable bonds is 15. The molecule has 4 aromatic carbocycles. The van der Waals surface area contributed by atoms with Gasteiger partial charge in [-0.15, -0.1) is 0 Å². The molecule has 0 heterocycles. The topological polar surface area (TPSA) is 105 Å². The minimum Gasteiger partial charge on any atom is -0.493 e. The van der Waals surface area contributed by atoms with E-state index in [1.807, 2.05) is 51.1 Å². The van der Waals surface area contributed by atoms with Gasteiger partial charge in [0.15, 0.2) is 11.5 Å². The molecule has 0 aliphatic rings. The minimum absolute atomic E-state index is 0.0257. The van der Waals surface area contributed by atoms with Crippen LogP contribution in [0.5, 0.6) is 11.5 Å². The fourth-order valence-electron chi connectivity index (χ4n) is 5.15. The molecular weight excluding hydrogens is 650 g/mol. The van der Waals surface area contributed by atoms with Gasteiger partial charge in [-0.05, 0) is 61.7 Å². The molecule has 1 N–H and O–H groups in total. The van der Waals surface area contributed by atoms with Crippen molar-refractivity contribution in [3.63, 3.8) is 0 Å². The van der Waals surface area contributed by atoms with Crippen molar-refractivity contribution in [1.82, 2.24) is 10.2 Å². The third-order valence-electron chi connectivity index (χ3n) is 8.11. The van der Waals surface area contributed by atoms with Crippen molar-refractivity contribution in [2.75, 3.05) is 25.1 Å². The van der Waals surface area contributed by atoms with Gasteiger partial charge in [-0.2, -0.15) is 0 Å². The summed E-state index contributed by atoms with van der Waals surface area (Å²) in [5.74, 6) is -0.354. The van der Waals surface area contributed by atoms with Crippen molar-refractivity contribution >= 4 is 39.1 Å². The number of anilines is 1. The molecule has 11 heteroatoms. The molecule has 2 amide bonds. The maximum absolute atomic E-state index is 14.7. The first-order chi connectivity index (χ1) is 23.0. The number of hydrogen-bond acceptors (Lipinski definition) is 6. The predicted molar refractivity (Wildman–Crippen MR) is 189 cm³/mol. The summed E-state index contributed by atoms with van der Waals surface area (Å²) in [4.78, 5) is 30.0. The Morgan fingerprint density at radius 3 is 2.15 bits per heavy atom. The van der Waals surface area contributed by atoms with E-state index in [0.717, 1.165) is 15.4 Å². The van der Waals surface area contributed by atoms with Crippen LogP contribution in [0.2, 0.25) is 5.02 Å². The van der Waals surface area contributed by atoms with Crippen LogP contribution in [0.3, 0.4) is 0 Å². The van der Waals surface area contributed by atoms with E-state index in [1.54, 1.807) is 48.5 Å². The molecule has 9 nitrogen and oxygen atoms in total. The van der Waals surface area contributed by atoms with Gasteiger partial charge >= 0.3 is 0 Å². The van der Waals surface area contributed by atoms with Crippen LogP contribution in [-0.4, -0.2) is 58.0 Å². The molecule has 0 fully saturated rings. The van der Waals surface area contributed by atoms with E-state index in [2.05, 4.69) is 5.32 Å². The van der Waals surface area contributed by atoms with E-state index in [-0.39, 0.29) is 41.2 Å². The molecule has 0 spiro atoms. The molecule has 0 unspecified atom stereocenters. The maximum atomic E-state index is 14.7.